The number of aliphatic hydroxyl groups is 1. The van der Waals surface area contributed by atoms with Crippen molar-refractivity contribution in [3.63, 3.8) is 0 Å². The van der Waals surface area contributed by atoms with Gasteiger partial charge in [-0.1, -0.05) is 33.6 Å². The van der Waals surface area contributed by atoms with Crippen LogP contribution in [-0.2, 0) is 6.42 Å². The number of fused-ring (bicyclic) bond motifs is 1. The molecule has 0 aliphatic carbocycles. The predicted octanol–water partition coefficient (Wildman–Crippen LogP) is 4.51. The van der Waals surface area contributed by atoms with E-state index in [2.05, 4.69) is 15.9 Å². The number of ether oxygens (including phenoxy) is 1. The van der Waals surface area contributed by atoms with Gasteiger partial charge in [0.05, 0.1) is 0 Å². The molecule has 0 spiro atoms. The summed E-state index contributed by atoms with van der Waals surface area (Å²) in [6.07, 6.45) is 0.343. The Morgan fingerprint density at radius 1 is 1.30 bits per heavy atom. The fraction of sp³-hybridized carbons (Fsp3) is 0.250. The van der Waals surface area contributed by atoms with Crippen molar-refractivity contribution in [3.8, 4) is 5.75 Å². The number of aliphatic hydroxyl groups excluding tert-OH is 1. The highest BCUT2D eigenvalue weighted by molar-refractivity contribution is 9.10. The van der Waals surface area contributed by atoms with Crippen molar-refractivity contribution >= 4 is 27.5 Å². The molecule has 1 aliphatic heterocycles. The average molecular weight is 354 g/mol. The molecule has 2 aromatic carbocycles. The van der Waals surface area contributed by atoms with E-state index in [4.69, 9.17) is 16.3 Å². The summed E-state index contributed by atoms with van der Waals surface area (Å²) in [5.41, 5.74) is 2.68. The van der Waals surface area contributed by atoms with Gasteiger partial charge in [0.1, 0.15) is 18.0 Å². The maximum absolute atomic E-state index is 10.5. The standard InChI is InChI=1S/C16H14BrClO2/c1-9-6-11-7-10(2-5-15(11)20-9)16(19)13-8-12(17)3-4-14(13)18/h2-5,7-9,16,19H,6H2,1H3. The van der Waals surface area contributed by atoms with E-state index in [1.54, 1.807) is 6.07 Å². The Hall–Kier alpha value is -1.03. The zero-order chi connectivity index (χ0) is 14.3. The molecule has 0 bridgehead atoms. The lowest BCUT2D eigenvalue weighted by atomic mass is 9.98. The summed E-state index contributed by atoms with van der Waals surface area (Å²) in [7, 11) is 0. The fourth-order valence-corrected chi connectivity index (χ4v) is 3.12. The molecule has 4 heteroatoms. The van der Waals surface area contributed by atoms with Gasteiger partial charge in [0.2, 0.25) is 0 Å². The second-order valence-electron chi connectivity index (χ2n) is 5.07. The lowest BCUT2D eigenvalue weighted by Crippen LogP contribution is -2.05. The molecule has 0 aromatic heterocycles. The van der Waals surface area contributed by atoms with Crippen LogP contribution in [0.3, 0.4) is 0 Å². The van der Waals surface area contributed by atoms with E-state index in [0.717, 1.165) is 27.8 Å². The zero-order valence-corrected chi connectivity index (χ0v) is 13.3. The molecular formula is C16H14BrClO2. The smallest absolute Gasteiger partial charge is 0.123 e. The van der Waals surface area contributed by atoms with E-state index in [-0.39, 0.29) is 6.10 Å². The Kier molecular flexibility index (Phi) is 3.76. The number of halogens is 2. The van der Waals surface area contributed by atoms with Crippen molar-refractivity contribution in [2.75, 3.05) is 0 Å². The molecule has 0 fully saturated rings. The van der Waals surface area contributed by atoms with Crippen molar-refractivity contribution < 1.29 is 9.84 Å². The van der Waals surface area contributed by atoms with E-state index in [9.17, 15) is 5.11 Å². The molecular weight excluding hydrogens is 340 g/mol. The molecule has 1 N–H and O–H groups in total. The van der Waals surface area contributed by atoms with Crippen molar-refractivity contribution in [2.45, 2.75) is 25.6 Å². The zero-order valence-electron chi connectivity index (χ0n) is 10.9. The minimum atomic E-state index is -0.735. The summed E-state index contributed by atoms with van der Waals surface area (Å²) in [4.78, 5) is 0. The third kappa shape index (κ3) is 2.58. The van der Waals surface area contributed by atoms with Gasteiger partial charge in [-0.25, -0.2) is 0 Å². The van der Waals surface area contributed by atoms with Gasteiger partial charge in [-0.3, -0.25) is 0 Å². The Labute approximate surface area is 131 Å². The highest BCUT2D eigenvalue weighted by atomic mass is 79.9. The van der Waals surface area contributed by atoms with Crippen LogP contribution >= 0.6 is 27.5 Å². The van der Waals surface area contributed by atoms with Gasteiger partial charge in [0.15, 0.2) is 0 Å². The van der Waals surface area contributed by atoms with Crippen molar-refractivity contribution in [3.05, 3.63) is 62.6 Å². The molecule has 0 amide bonds. The predicted molar refractivity (Wildman–Crippen MR) is 83.4 cm³/mol. The van der Waals surface area contributed by atoms with E-state index in [0.29, 0.717) is 10.6 Å². The first-order valence-corrected chi connectivity index (χ1v) is 7.64. The Bertz CT molecular complexity index is 657. The third-order valence-corrected chi connectivity index (χ3v) is 4.33. The van der Waals surface area contributed by atoms with Gasteiger partial charge in [-0.05, 0) is 48.4 Å². The van der Waals surface area contributed by atoms with E-state index in [1.165, 1.54) is 0 Å². The van der Waals surface area contributed by atoms with Crippen LogP contribution in [0.25, 0.3) is 0 Å². The summed E-state index contributed by atoms with van der Waals surface area (Å²) in [5.74, 6) is 0.911. The molecule has 2 unspecified atom stereocenters. The summed E-state index contributed by atoms with van der Waals surface area (Å²) < 4.78 is 6.57. The molecule has 104 valence electrons. The van der Waals surface area contributed by atoms with Gasteiger partial charge in [-0.2, -0.15) is 0 Å². The van der Waals surface area contributed by atoms with Crippen molar-refractivity contribution in [1.29, 1.82) is 0 Å². The molecule has 1 heterocycles. The topological polar surface area (TPSA) is 29.5 Å². The molecule has 0 radical (unpaired) electrons. The van der Waals surface area contributed by atoms with Crippen LogP contribution in [0.1, 0.15) is 29.7 Å². The van der Waals surface area contributed by atoms with Crippen LogP contribution in [-0.4, -0.2) is 11.2 Å². The number of hydrogen-bond acceptors (Lipinski definition) is 2. The quantitative estimate of drug-likeness (QED) is 0.861. The first-order chi connectivity index (χ1) is 9.54. The van der Waals surface area contributed by atoms with Gasteiger partial charge < -0.3 is 9.84 Å². The maximum atomic E-state index is 10.5. The largest absolute Gasteiger partial charge is 0.490 e. The molecule has 0 saturated carbocycles. The third-order valence-electron chi connectivity index (χ3n) is 3.49. The first-order valence-electron chi connectivity index (χ1n) is 6.47. The van der Waals surface area contributed by atoms with E-state index < -0.39 is 6.10 Å². The summed E-state index contributed by atoms with van der Waals surface area (Å²) in [6, 6.07) is 11.3. The minimum Gasteiger partial charge on any atom is -0.490 e. The van der Waals surface area contributed by atoms with E-state index >= 15 is 0 Å². The normalized spacial score (nSPS) is 18.5. The van der Waals surface area contributed by atoms with Crippen LogP contribution < -0.4 is 4.74 Å². The Morgan fingerprint density at radius 3 is 2.90 bits per heavy atom. The molecule has 1 aliphatic rings. The summed E-state index contributed by atoms with van der Waals surface area (Å²) >= 11 is 9.58. The van der Waals surface area contributed by atoms with Gasteiger partial charge in [-0.15, -0.1) is 0 Å². The summed E-state index contributed by atoms with van der Waals surface area (Å²) in [5, 5.41) is 11.1. The lowest BCUT2D eigenvalue weighted by molar-refractivity contribution is 0.220. The van der Waals surface area contributed by atoms with Gasteiger partial charge in [0.25, 0.3) is 0 Å². The molecule has 2 atom stereocenters. The number of rotatable bonds is 2. The van der Waals surface area contributed by atoms with Gasteiger partial charge >= 0.3 is 0 Å². The van der Waals surface area contributed by atoms with Crippen LogP contribution in [0.15, 0.2) is 40.9 Å². The molecule has 2 aromatic rings. The highest BCUT2D eigenvalue weighted by Gasteiger charge is 2.21. The average Bonchev–Trinajstić information content (AvgIpc) is 2.79. The molecule has 3 rings (SSSR count). The number of benzene rings is 2. The molecule has 0 saturated heterocycles. The first kappa shape index (κ1) is 13.9. The van der Waals surface area contributed by atoms with Crippen LogP contribution in [0.5, 0.6) is 5.75 Å². The Morgan fingerprint density at radius 2 is 2.10 bits per heavy atom. The monoisotopic (exact) mass is 352 g/mol. The van der Waals surface area contributed by atoms with Crippen LogP contribution in [0.4, 0.5) is 0 Å². The SMILES string of the molecule is CC1Cc2cc(C(O)c3cc(Br)ccc3Cl)ccc2O1. The van der Waals surface area contributed by atoms with Crippen molar-refractivity contribution in [2.24, 2.45) is 0 Å². The van der Waals surface area contributed by atoms with Gasteiger partial charge in [0, 0.05) is 21.5 Å². The number of hydrogen-bond donors (Lipinski definition) is 1. The Balaban J connectivity index is 1.97. The lowest BCUT2D eigenvalue weighted by Gasteiger charge is -2.14. The molecule has 2 nitrogen and oxygen atoms in total. The minimum absolute atomic E-state index is 0.201. The van der Waals surface area contributed by atoms with Crippen molar-refractivity contribution in [1.82, 2.24) is 0 Å². The second kappa shape index (κ2) is 5.40. The van der Waals surface area contributed by atoms with Crippen LogP contribution in [0, 0.1) is 0 Å². The molecule has 20 heavy (non-hydrogen) atoms. The van der Waals surface area contributed by atoms with E-state index in [1.807, 2.05) is 37.3 Å². The second-order valence-corrected chi connectivity index (χ2v) is 6.39. The maximum Gasteiger partial charge on any atom is 0.123 e. The van der Waals surface area contributed by atoms with Crippen LogP contribution in [0.2, 0.25) is 5.02 Å². The fourth-order valence-electron chi connectivity index (χ4n) is 2.52. The highest BCUT2D eigenvalue weighted by Crippen LogP contribution is 2.35. The summed E-state index contributed by atoms with van der Waals surface area (Å²) in [6.45, 7) is 2.04.